The van der Waals surface area contributed by atoms with Crippen molar-refractivity contribution in [1.29, 1.82) is 0 Å². The molecule has 0 heterocycles. The molecule has 0 fully saturated rings. The quantitative estimate of drug-likeness (QED) is 0.667. The summed E-state index contributed by atoms with van der Waals surface area (Å²) in [7, 11) is 1.99. The number of rotatable bonds is 8. The molecule has 0 radical (unpaired) electrons. The van der Waals surface area contributed by atoms with Crippen molar-refractivity contribution >= 4 is 11.9 Å². The number of aliphatic carboxylic acids is 1. The fourth-order valence-corrected chi connectivity index (χ4v) is 1.51. The molecule has 1 amide bonds. The fourth-order valence-electron chi connectivity index (χ4n) is 1.51. The van der Waals surface area contributed by atoms with E-state index in [-0.39, 0.29) is 18.7 Å². The van der Waals surface area contributed by atoms with Crippen molar-refractivity contribution in [1.82, 2.24) is 10.2 Å². The van der Waals surface area contributed by atoms with Crippen LogP contribution < -0.4 is 5.32 Å². The number of hydrogen-bond acceptors (Lipinski definition) is 3. The summed E-state index contributed by atoms with van der Waals surface area (Å²) in [4.78, 5) is 24.3. The van der Waals surface area contributed by atoms with E-state index in [4.69, 9.17) is 5.11 Å². The lowest BCUT2D eigenvalue weighted by atomic mass is 9.85. The van der Waals surface area contributed by atoms with Gasteiger partial charge in [-0.05, 0) is 19.0 Å². The Balaban J connectivity index is 3.89. The minimum absolute atomic E-state index is 0.00921. The van der Waals surface area contributed by atoms with Crippen molar-refractivity contribution < 1.29 is 14.7 Å². The van der Waals surface area contributed by atoms with E-state index in [2.05, 4.69) is 17.1 Å². The lowest BCUT2D eigenvalue weighted by molar-refractivity contribution is -0.139. The Labute approximate surface area is 103 Å². The summed E-state index contributed by atoms with van der Waals surface area (Å²) in [5, 5.41) is 11.5. The van der Waals surface area contributed by atoms with Crippen LogP contribution in [-0.2, 0) is 9.59 Å². The van der Waals surface area contributed by atoms with E-state index in [1.165, 1.54) is 0 Å². The molecular formula is C12H24N2O3. The highest BCUT2D eigenvalue weighted by Crippen LogP contribution is 2.24. The third-order valence-corrected chi connectivity index (χ3v) is 2.62. The first-order chi connectivity index (χ1) is 7.76. The number of amides is 1. The van der Waals surface area contributed by atoms with Crippen LogP contribution in [0.25, 0.3) is 0 Å². The minimum Gasteiger partial charge on any atom is -0.481 e. The number of carboxylic acids is 1. The Bertz CT molecular complexity index is 264. The first kappa shape index (κ1) is 15.9. The van der Waals surface area contributed by atoms with E-state index in [0.717, 1.165) is 13.1 Å². The predicted octanol–water partition coefficient (Wildman–Crippen LogP) is 0.945. The zero-order valence-corrected chi connectivity index (χ0v) is 11.2. The van der Waals surface area contributed by atoms with Crippen LogP contribution in [0.1, 0.15) is 33.6 Å². The molecule has 0 aromatic carbocycles. The number of nitrogens with zero attached hydrogens (tertiary/aromatic N) is 1. The average molecular weight is 244 g/mol. The Morgan fingerprint density at radius 3 is 2.35 bits per heavy atom. The number of carboxylic acid groups (broad SMARTS) is 1. The molecule has 5 heteroatoms. The monoisotopic (exact) mass is 244 g/mol. The maximum atomic E-state index is 11.6. The third kappa shape index (κ3) is 8.68. The Kier molecular flexibility index (Phi) is 6.80. The zero-order chi connectivity index (χ0) is 13.5. The highest BCUT2D eigenvalue weighted by atomic mass is 16.4. The van der Waals surface area contributed by atoms with Gasteiger partial charge in [-0.2, -0.15) is 0 Å². The third-order valence-electron chi connectivity index (χ3n) is 2.62. The molecule has 0 saturated heterocycles. The number of carbonyl (C=O) groups excluding carboxylic acids is 1. The molecule has 0 atom stereocenters. The number of hydrogen-bond donors (Lipinski definition) is 2. The first-order valence-corrected chi connectivity index (χ1v) is 5.94. The van der Waals surface area contributed by atoms with Crippen LogP contribution >= 0.6 is 0 Å². The minimum atomic E-state index is -0.867. The molecule has 2 N–H and O–H groups in total. The van der Waals surface area contributed by atoms with Gasteiger partial charge in [0.05, 0.1) is 6.42 Å². The molecular weight excluding hydrogens is 220 g/mol. The number of carbonyl (C=O) groups is 2. The SMILES string of the molecule is CCN(C)CCNC(=O)CC(C)(C)CC(=O)O. The van der Waals surface area contributed by atoms with Gasteiger partial charge in [-0.1, -0.05) is 20.8 Å². The summed E-state index contributed by atoms with van der Waals surface area (Å²) in [5.41, 5.74) is -0.493. The van der Waals surface area contributed by atoms with Gasteiger partial charge in [0.2, 0.25) is 5.91 Å². The molecule has 0 saturated carbocycles. The lowest BCUT2D eigenvalue weighted by Gasteiger charge is -2.22. The zero-order valence-electron chi connectivity index (χ0n) is 11.2. The van der Waals surface area contributed by atoms with Gasteiger partial charge in [0, 0.05) is 19.5 Å². The molecule has 0 rings (SSSR count). The molecule has 100 valence electrons. The molecule has 0 aliphatic rings. The van der Waals surface area contributed by atoms with Gasteiger partial charge >= 0.3 is 5.97 Å². The average Bonchev–Trinajstić information content (AvgIpc) is 2.14. The van der Waals surface area contributed by atoms with E-state index >= 15 is 0 Å². The normalized spacial score (nSPS) is 11.6. The predicted molar refractivity (Wildman–Crippen MR) is 66.8 cm³/mol. The van der Waals surface area contributed by atoms with E-state index < -0.39 is 11.4 Å². The molecule has 0 unspecified atom stereocenters. The van der Waals surface area contributed by atoms with Gasteiger partial charge in [-0.3, -0.25) is 9.59 Å². The van der Waals surface area contributed by atoms with Gasteiger partial charge in [-0.25, -0.2) is 0 Å². The summed E-state index contributed by atoms with van der Waals surface area (Å²) < 4.78 is 0. The van der Waals surface area contributed by atoms with Crippen LogP contribution in [0.5, 0.6) is 0 Å². The first-order valence-electron chi connectivity index (χ1n) is 5.94. The smallest absolute Gasteiger partial charge is 0.303 e. The van der Waals surface area contributed by atoms with Crippen LogP contribution in [0.15, 0.2) is 0 Å². The molecule has 5 nitrogen and oxygen atoms in total. The molecule has 0 bridgehead atoms. The van der Waals surface area contributed by atoms with Gasteiger partial charge < -0.3 is 15.3 Å². The lowest BCUT2D eigenvalue weighted by Crippen LogP contribution is -2.35. The van der Waals surface area contributed by atoms with Crippen molar-refractivity contribution in [2.45, 2.75) is 33.6 Å². The molecule has 0 spiro atoms. The van der Waals surface area contributed by atoms with Gasteiger partial charge in [0.1, 0.15) is 0 Å². The molecule has 0 aromatic heterocycles. The summed E-state index contributed by atoms with van der Waals surface area (Å²) in [6, 6.07) is 0. The Hall–Kier alpha value is -1.10. The Morgan fingerprint density at radius 1 is 1.29 bits per heavy atom. The highest BCUT2D eigenvalue weighted by Gasteiger charge is 2.24. The second-order valence-electron chi connectivity index (χ2n) is 5.16. The van der Waals surface area contributed by atoms with E-state index in [1.807, 2.05) is 7.05 Å². The van der Waals surface area contributed by atoms with Gasteiger partial charge in [0.15, 0.2) is 0 Å². The standard InChI is InChI=1S/C12H24N2O3/c1-5-14(4)7-6-13-10(15)8-12(2,3)9-11(16)17/h5-9H2,1-4H3,(H,13,15)(H,16,17). The second kappa shape index (κ2) is 7.27. The molecule has 17 heavy (non-hydrogen) atoms. The summed E-state index contributed by atoms with van der Waals surface area (Å²) in [6.45, 7) is 7.99. The van der Waals surface area contributed by atoms with Crippen LogP contribution in [0.3, 0.4) is 0 Å². The highest BCUT2D eigenvalue weighted by molar-refractivity contribution is 5.77. The van der Waals surface area contributed by atoms with Crippen molar-refractivity contribution in [2.24, 2.45) is 5.41 Å². The number of nitrogens with one attached hydrogen (secondary N) is 1. The largest absolute Gasteiger partial charge is 0.481 e. The maximum Gasteiger partial charge on any atom is 0.303 e. The van der Waals surface area contributed by atoms with E-state index in [0.29, 0.717) is 6.54 Å². The Morgan fingerprint density at radius 2 is 1.88 bits per heavy atom. The van der Waals surface area contributed by atoms with Crippen LogP contribution in [-0.4, -0.2) is 48.6 Å². The fraction of sp³-hybridized carbons (Fsp3) is 0.833. The molecule has 0 aliphatic heterocycles. The maximum absolute atomic E-state index is 11.6. The summed E-state index contributed by atoms with van der Waals surface area (Å²) in [5.74, 6) is -0.950. The van der Waals surface area contributed by atoms with Crippen molar-refractivity contribution in [2.75, 3.05) is 26.7 Å². The summed E-state index contributed by atoms with van der Waals surface area (Å²) >= 11 is 0. The number of likely N-dealkylation sites (N-methyl/N-ethyl adjacent to an activating group) is 1. The van der Waals surface area contributed by atoms with Crippen LogP contribution in [0, 0.1) is 5.41 Å². The second-order valence-corrected chi connectivity index (χ2v) is 5.16. The van der Waals surface area contributed by atoms with Gasteiger partial charge in [0.25, 0.3) is 0 Å². The van der Waals surface area contributed by atoms with Crippen molar-refractivity contribution in [3.8, 4) is 0 Å². The molecule has 0 aliphatic carbocycles. The van der Waals surface area contributed by atoms with E-state index in [9.17, 15) is 9.59 Å². The van der Waals surface area contributed by atoms with E-state index in [1.54, 1.807) is 13.8 Å². The van der Waals surface area contributed by atoms with Crippen LogP contribution in [0.4, 0.5) is 0 Å². The molecule has 0 aromatic rings. The van der Waals surface area contributed by atoms with Crippen molar-refractivity contribution in [3.63, 3.8) is 0 Å². The van der Waals surface area contributed by atoms with Crippen LogP contribution in [0.2, 0.25) is 0 Å². The topological polar surface area (TPSA) is 69.6 Å². The summed E-state index contributed by atoms with van der Waals surface area (Å²) in [6.07, 6.45) is 0.254. The van der Waals surface area contributed by atoms with Crippen molar-refractivity contribution in [3.05, 3.63) is 0 Å². The van der Waals surface area contributed by atoms with Gasteiger partial charge in [-0.15, -0.1) is 0 Å².